The maximum absolute atomic E-state index is 5.16. The van der Waals surface area contributed by atoms with E-state index in [4.69, 9.17) is 4.74 Å². The van der Waals surface area contributed by atoms with Gasteiger partial charge in [0.1, 0.15) is 0 Å². The SMILES string of the molecule is COc1cc(N2CC(N3CCNCC3)C2)ccn1. The van der Waals surface area contributed by atoms with Gasteiger partial charge in [-0.3, -0.25) is 4.90 Å². The third-order valence-corrected chi connectivity index (χ3v) is 3.82. The van der Waals surface area contributed by atoms with Crippen LogP contribution in [0.2, 0.25) is 0 Å². The number of anilines is 1. The average molecular weight is 248 g/mol. The van der Waals surface area contributed by atoms with Crippen LogP contribution >= 0.6 is 0 Å². The second kappa shape index (κ2) is 5.12. The van der Waals surface area contributed by atoms with Gasteiger partial charge in [-0.1, -0.05) is 0 Å². The third-order valence-electron chi connectivity index (χ3n) is 3.82. The molecule has 1 N–H and O–H groups in total. The van der Waals surface area contributed by atoms with Crippen molar-refractivity contribution in [3.63, 3.8) is 0 Å². The van der Waals surface area contributed by atoms with Crippen molar-refractivity contribution < 1.29 is 4.74 Å². The molecule has 3 heterocycles. The number of ether oxygens (including phenoxy) is 1. The van der Waals surface area contributed by atoms with Gasteiger partial charge < -0.3 is 15.0 Å². The van der Waals surface area contributed by atoms with E-state index >= 15 is 0 Å². The summed E-state index contributed by atoms with van der Waals surface area (Å²) in [4.78, 5) is 9.11. The molecule has 0 unspecified atom stereocenters. The minimum atomic E-state index is 0.693. The fraction of sp³-hybridized carbons (Fsp3) is 0.615. The van der Waals surface area contributed by atoms with Crippen molar-refractivity contribution in [1.29, 1.82) is 0 Å². The number of piperazine rings is 1. The molecule has 0 spiro atoms. The zero-order chi connectivity index (χ0) is 12.4. The Morgan fingerprint density at radius 2 is 2.11 bits per heavy atom. The molecule has 0 aromatic carbocycles. The fourth-order valence-corrected chi connectivity index (χ4v) is 2.65. The van der Waals surface area contributed by atoms with E-state index in [1.807, 2.05) is 12.3 Å². The number of hydrogen-bond acceptors (Lipinski definition) is 5. The van der Waals surface area contributed by atoms with Crippen molar-refractivity contribution in [2.24, 2.45) is 0 Å². The van der Waals surface area contributed by atoms with E-state index < -0.39 is 0 Å². The minimum Gasteiger partial charge on any atom is -0.481 e. The molecule has 1 aromatic heterocycles. The molecule has 2 fully saturated rings. The molecule has 18 heavy (non-hydrogen) atoms. The summed E-state index contributed by atoms with van der Waals surface area (Å²) < 4.78 is 5.16. The van der Waals surface area contributed by atoms with Crippen LogP contribution < -0.4 is 15.0 Å². The van der Waals surface area contributed by atoms with Gasteiger partial charge in [-0.25, -0.2) is 4.98 Å². The van der Waals surface area contributed by atoms with Crippen LogP contribution in [-0.2, 0) is 0 Å². The van der Waals surface area contributed by atoms with Gasteiger partial charge >= 0.3 is 0 Å². The highest BCUT2D eigenvalue weighted by atomic mass is 16.5. The first-order chi connectivity index (χ1) is 8.86. The zero-order valence-corrected chi connectivity index (χ0v) is 10.8. The van der Waals surface area contributed by atoms with E-state index in [0.717, 1.165) is 26.2 Å². The summed E-state index contributed by atoms with van der Waals surface area (Å²) in [6, 6.07) is 4.77. The van der Waals surface area contributed by atoms with Crippen molar-refractivity contribution in [3.05, 3.63) is 18.3 Å². The van der Waals surface area contributed by atoms with Crippen molar-refractivity contribution in [2.75, 3.05) is 51.3 Å². The van der Waals surface area contributed by atoms with Gasteiger partial charge in [0, 0.05) is 63.3 Å². The number of aromatic nitrogens is 1. The Morgan fingerprint density at radius 3 is 2.83 bits per heavy atom. The number of rotatable bonds is 3. The van der Waals surface area contributed by atoms with Gasteiger partial charge in [0.15, 0.2) is 0 Å². The lowest BCUT2D eigenvalue weighted by atomic mass is 10.1. The predicted octanol–water partition coefficient (Wildman–Crippen LogP) is 0.184. The van der Waals surface area contributed by atoms with Crippen LogP contribution in [0.15, 0.2) is 18.3 Å². The lowest BCUT2D eigenvalue weighted by Gasteiger charge is -2.47. The molecule has 0 radical (unpaired) electrons. The van der Waals surface area contributed by atoms with Crippen LogP contribution in [0.4, 0.5) is 5.69 Å². The van der Waals surface area contributed by atoms with Crippen LogP contribution in [-0.4, -0.2) is 62.3 Å². The highest BCUT2D eigenvalue weighted by Gasteiger charge is 2.32. The van der Waals surface area contributed by atoms with Crippen LogP contribution in [0.1, 0.15) is 0 Å². The minimum absolute atomic E-state index is 0.693. The molecule has 2 saturated heterocycles. The lowest BCUT2D eigenvalue weighted by Crippen LogP contribution is -2.62. The summed E-state index contributed by atoms with van der Waals surface area (Å²) >= 11 is 0. The molecule has 0 bridgehead atoms. The summed E-state index contributed by atoms with van der Waals surface area (Å²) in [5, 5.41) is 3.40. The second-order valence-corrected chi connectivity index (χ2v) is 4.90. The van der Waals surface area contributed by atoms with Gasteiger partial charge in [0.25, 0.3) is 0 Å². The molecule has 0 atom stereocenters. The largest absolute Gasteiger partial charge is 0.481 e. The fourth-order valence-electron chi connectivity index (χ4n) is 2.65. The van der Waals surface area contributed by atoms with E-state index in [9.17, 15) is 0 Å². The van der Waals surface area contributed by atoms with Crippen molar-refractivity contribution in [1.82, 2.24) is 15.2 Å². The van der Waals surface area contributed by atoms with Crippen LogP contribution in [0.5, 0.6) is 5.88 Å². The first-order valence-corrected chi connectivity index (χ1v) is 6.56. The summed E-state index contributed by atoms with van der Waals surface area (Å²) in [5.41, 5.74) is 1.22. The Bertz CT molecular complexity index is 400. The normalized spacial score (nSPS) is 21.7. The monoisotopic (exact) mass is 248 g/mol. The van der Waals surface area contributed by atoms with Crippen molar-refractivity contribution >= 4 is 5.69 Å². The summed E-state index contributed by atoms with van der Waals surface area (Å²) in [6.45, 7) is 6.84. The van der Waals surface area contributed by atoms with E-state index in [1.54, 1.807) is 7.11 Å². The first-order valence-electron chi connectivity index (χ1n) is 6.56. The van der Waals surface area contributed by atoms with Crippen LogP contribution in [0, 0.1) is 0 Å². The summed E-state index contributed by atoms with van der Waals surface area (Å²) in [5.74, 6) is 0.693. The maximum Gasteiger partial charge on any atom is 0.214 e. The first kappa shape index (κ1) is 11.7. The molecular formula is C13H20N4O. The second-order valence-electron chi connectivity index (χ2n) is 4.90. The lowest BCUT2D eigenvalue weighted by molar-refractivity contribution is 0.147. The van der Waals surface area contributed by atoms with Gasteiger partial charge in [-0.2, -0.15) is 0 Å². The van der Waals surface area contributed by atoms with Gasteiger partial charge in [-0.05, 0) is 6.07 Å². The Balaban J connectivity index is 1.57. The Labute approximate surface area is 108 Å². The smallest absolute Gasteiger partial charge is 0.214 e. The molecule has 1 aromatic rings. The Kier molecular flexibility index (Phi) is 3.34. The molecule has 0 amide bonds. The Morgan fingerprint density at radius 1 is 1.33 bits per heavy atom. The molecule has 2 aliphatic rings. The Hall–Kier alpha value is -1.33. The van der Waals surface area contributed by atoms with E-state index in [2.05, 4.69) is 26.2 Å². The summed E-state index contributed by atoms with van der Waals surface area (Å²) in [7, 11) is 1.66. The molecule has 3 rings (SSSR count). The van der Waals surface area contributed by atoms with E-state index in [-0.39, 0.29) is 0 Å². The molecule has 5 nitrogen and oxygen atoms in total. The highest BCUT2D eigenvalue weighted by Crippen LogP contribution is 2.25. The molecule has 0 aliphatic carbocycles. The molecule has 5 heteroatoms. The quantitative estimate of drug-likeness (QED) is 0.826. The van der Waals surface area contributed by atoms with Gasteiger partial charge in [0.2, 0.25) is 5.88 Å². The number of hydrogen-bond donors (Lipinski definition) is 1. The molecular weight excluding hydrogens is 228 g/mol. The van der Waals surface area contributed by atoms with Gasteiger partial charge in [0.05, 0.1) is 7.11 Å². The summed E-state index contributed by atoms with van der Waals surface area (Å²) in [6.07, 6.45) is 1.81. The predicted molar refractivity (Wildman–Crippen MR) is 71.2 cm³/mol. The highest BCUT2D eigenvalue weighted by molar-refractivity contribution is 5.51. The standard InChI is InChI=1S/C13H20N4O/c1-18-13-8-11(2-3-15-13)17-9-12(10-17)16-6-4-14-5-7-16/h2-3,8,12,14H,4-7,9-10H2,1H3. The zero-order valence-electron chi connectivity index (χ0n) is 10.8. The maximum atomic E-state index is 5.16. The number of pyridine rings is 1. The van der Waals surface area contributed by atoms with Crippen LogP contribution in [0.25, 0.3) is 0 Å². The van der Waals surface area contributed by atoms with E-state index in [1.165, 1.54) is 18.8 Å². The molecule has 2 aliphatic heterocycles. The van der Waals surface area contributed by atoms with Crippen molar-refractivity contribution in [2.45, 2.75) is 6.04 Å². The van der Waals surface area contributed by atoms with Crippen molar-refractivity contribution in [3.8, 4) is 5.88 Å². The van der Waals surface area contributed by atoms with E-state index in [0.29, 0.717) is 11.9 Å². The number of nitrogens with zero attached hydrogens (tertiary/aromatic N) is 3. The van der Waals surface area contributed by atoms with Crippen LogP contribution in [0.3, 0.4) is 0 Å². The van der Waals surface area contributed by atoms with Gasteiger partial charge in [-0.15, -0.1) is 0 Å². The number of methoxy groups -OCH3 is 1. The number of nitrogens with one attached hydrogen (secondary N) is 1. The topological polar surface area (TPSA) is 40.6 Å². The average Bonchev–Trinajstić information content (AvgIpc) is 2.39. The molecule has 98 valence electrons. The molecule has 0 saturated carbocycles. The third kappa shape index (κ3) is 2.28.